The van der Waals surface area contributed by atoms with Crippen LogP contribution in [0.4, 0.5) is 0 Å². The maximum absolute atomic E-state index is 12.7. The molecule has 2 rings (SSSR count). The summed E-state index contributed by atoms with van der Waals surface area (Å²) in [6.45, 7) is 10.5. The molecule has 28 heavy (non-hydrogen) atoms. The van der Waals surface area contributed by atoms with E-state index in [4.69, 9.17) is 11.6 Å². The molecule has 2 amide bonds. The zero-order chi connectivity index (χ0) is 21.2. The summed E-state index contributed by atoms with van der Waals surface area (Å²) in [7, 11) is 1.61. The van der Waals surface area contributed by atoms with E-state index in [0.29, 0.717) is 23.5 Å². The van der Waals surface area contributed by atoms with Crippen molar-refractivity contribution < 1.29 is 14.8 Å². The lowest BCUT2D eigenvalue weighted by atomic mass is 9.92. The molecule has 9 heteroatoms. The lowest BCUT2D eigenvalue weighted by Crippen LogP contribution is -2.35. The number of hydrogen-bond acceptors (Lipinski definition) is 4. The van der Waals surface area contributed by atoms with E-state index in [2.05, 4.69) is 10.1 Å². The Morgan fingerprint density at radius 3 is 2.36 bits per heavy atom. The summed E-state index contributed by atoms with van der Waals surface area (Å²) in [5.41, 5.74) is 0.298. The molecule has 2 aromatic heterocycles. The predicted octanol–water partition coefficient (Wildman–Crippen LogP) is 2.63. The maximum atomic E-state index is 12.7. The van der Waals surface area contributed by atoms with E-state index >= 15 is 0 Å². The third-order valence-corrected chi connectivity index (χ3v) is 4.69. The van der Waals surface area contributed by atoms with Crippen LogP contribution in [-0.2, 0) is 12.5 Å². The van der Waals surface area contributed by atoms with E-state index in [1.165, 1.54) is 16.8 Å². The molecular weight excluding hydrogens is 382 g/mol. The second-order valence-electron chi connectivity index (χ2n) is 7.36. The molecule has 8 nitrogen and oxygen atoms in total. The van der Waals surface area contributed by atoms with Crippen LogP contribution in [-0.4, -0.2) is 49.5 Å². The Hall–Kier alpha value is -2.61. The lowest BCUT2D eigenvalue weighted by molar-refractivity contribution is 0.0706. The number of carbonyl (C=O) groups is 2. The summed E-state index contributed by atoms with van der Waals surface area (Å²) in [6.07, 6.45) is 0. The average Bonchev–Trinajstić information content (AvgIpc) is 2.92. The maximum Gasteiger partial charge on any atom is 0.298 e. The van der Waals surface area contributed by atoms with Crippen LogP contribution in [0.15, 0.2) is 23.2 Å². The highest BCUT2D eigenvalue weighted by molar-refractivity contribution is 6.34. The number of amides is 2. The highest BCUT2D eigenvalue weighted by atomic mass is 35.5. The van der Waals surface area contributed by atoms with Crippen molar-refractivity contribution in [2.75, 3.05) is 13.1 Å². The van der Waals surface area contributed by atoms with Crippen LogP contribution in [0.5, 0.6) is 0 Å². The minimum Gasteiger partial charge on any atom is -0.426 e. The van der Waals surface area contributed by atoms with Gasteiger partial charge in [-0.05, 0) is 26.0 Å². The molecule has 152 valence electrons. The van der Waals surface area contributed by atoms with Gasteiger partial charge in [-0.2, -0.15) is 14.8 Å². The summed E-state index contributed by atoms with van der Waals surface area (Å²) in [4.78, 5) is 30.8. The third-order valence-electron chi connectivity index (χ3n) is 4.33. The number of pyridine rings is 1. The zero-order valence-corrected chi connectivity index (χ0v) is 17.8. The molecule has 0 saturated carbocycles. The Kier molecular flexibility index (Phi) is 6.34. The van der Waals surface area contributed by atoms with Crippen LogP contribution in [0, 0.1) is 0 Å². The van der Waals surface area contributed by atoms with Gasteiger partial charge in [0.1, 0.15) is 11.4 Å². The minimum absolute atomic E-state index is 0.0178. The fourth-order valence-corrected chi connectivity index (χ4v) is 3.30. The van der Waals surface area contributed by atoms with Crippen LogP contribution in [0.2, 0.25) is 5.02 Å². The van der Waals surface area contributed by atoms with E-state index in [-0.39, 0.29) is 33.2 Å². The summed E-state index contributed by atoms with van der Waals surface area (Å²) >= 11 is 6.38. The van der Waals surface area contributed by atoms with Crippen molar-refractivity contribution in [2.24, 2.45) is 12.0 Å². The van der Waals surface area contributed by atoms with Gasteiger partial charge in [-0.3, -0.25) is 14.3 Å². The number of hydrogen-bond donors (Lipinski definition) is 1. The highest BCUT2D eigenvalue weighted by Crippen LogP contribution is 2.31. The molecule has 0 bridgehead atoms. The standard InChI is InChI=1S/C19H26ClN5O3/c1-7-24(8-2)18(27)12-10-9-11-13(25(12)28)21-17(26)15-14(20)16(19(3,4)5)22-23(15)6/h9-11,28H,7-8H2,1-6H3. The van der Waals surface area contributed by atoms with Gasteiger partial charge in [0.15, 0.2) is 5.49 Å². The molecule has 0 aromatic carbocycles. The van der Waals surface area contributed by atoms with Crippen LogP contribution >= 0.6 is 11.6 Å². The number of rotatable bonds is 4. The Morgan fingerprint density at radius 1 is 1.25 bits per heavy atom. The van der Waals surface area contributed by atoms with Crippen molar-refractivity contribution in [3.05, 3.63) is 45.8 Å². The summed E-state index contributed by atoms with van der Waals surface area (Å²) < 4.78 is 1.99. The molecule has 0 atom stereocenters. The van der Waals surface area contributed by atoms with Crippen molar-refractivity contribution in [3.8, 4) is 0 Å². The normalized spacial score (nSPS) is 12.3. The topological polar surface area (TPSA) is 92.7 Å². The van der Waals surface area contributed by atoms with Gasteiger partial charge in [-0.1, -0.05) is 38.4 Å². The van der Waals surface area contributed by atoms with E-state index in [9.17, 15) is 14.8 Å². The number of nitrogens with zero attached hydrogens (tertiary/aromatic N) is 5. The fourth-order valence-electron chi connectivity index (χ4n) is 2.78. The molecule has 0 radical (unpaired) electrons. The summed E-state index contributed by atoms with van der Waals surface area (Å²) in [5.74, 6) is -1.02. The zero-order valence-electron chi connectivity index (χ0n) is 17.0. The van der Waals surface area contributed by atoms with Crippen LogP contribution in [0.25, 0.3) is 0 Å². The first-order valence-electron chi connectivity index (χ1n) is 9.05. The van der Waals surface area contributed by atoms with E-state index in [1.54, 1.807) is 18.0 Å². The van der Waals surface area contributed by atoms with Gasteiger partial charge in [0.25, 0.3) is 11.8 Å². The number of halogens is 1. The van der Waals surface area contributed by atoms with E-state index in [1.807, 2.05) is 34.6 Å². The first kappa shape index (κ1) is 21.7. The number of carbonyl (C=O) groups excluding carboxylic acids is 2. The lowest BCUT2D eigenvalue weighted by Gasteiger charge is -2.19. The molecule has 0 fully saturated rings. The van der Waals surface area contributed by atoms with Crippen molar-refractivity contribution in [3.63, 3.8) is 0 Å². The molecule has 2 aromatic rings. The van der Waals surface area contributed by atoms with Gasteiger partial charge in [0, 0.05) is 25.6 Å². The number of aromatic nitrogens is 3. The largest absolute Gasteiger partial charge is 0.426 e. The van der Waals surface area contributed by atoms with Gasteiger partial charge < -0.3 is 10.1 Å². The van der Waals surface area contributed by atoms with Gasteiger partial charge in [0.2, 0.25) is 0 Å². The van der Waals surface area contributed by atoms with Crippen molar-refractivity contribution in [1.82, 2.24) is 19.4 Å². The Balaban J connectivity index is 2.53. The van der Waals surface area contributed by atoms with Gasteiger partial charge in [-0.15, -0.1) is 0 Å². The molecule has 0 saturated heterocycles. The summed E-state index contributed by atoms with van der Waals surface area (Å²) in [6, 6.07) is 4.46. The van der Waals surface area contributed by atoms with Gasteiger partial charge in [-0.25, -0.2) is 0 Å². The Morgan fingerprint density at radius 2 is 1.86 bits per heavy atom. The molecule has 0 unspecified atom stereocenters. The van der Waals surface area contributed by atoms with Crippen molar-refractivity contribution in [2.45, 2.75) is 40.0 Å². The van der Waals surface area contributed by atoms with Crippen LogP contribution in [0.3, 0.4) is 0 Å². The van der Waals surface area contributed by atoms with Crippen molar-refractivity contribution >= 4 is 23.4 Å². The smallest absolute Gasteiger partial charge is 0.298 e. The highest BCUT2D eigenvalue weighted by Gasteiger charge is 2.28. The second-order valence-corrected chi connectivity index (χ2v) is 7.74. The van der Waals surface area contributed by atoms with Gasteiger partial charge >= 0.3 is 0 Å². The van der Waals surface area contributed by atoms with E-state index < -0.39 is 5.91 Å². The Labute approximate surface area is 169 Å². The monoisotopic (exact) mass is 407 g/mol. The molecule has 2 heterocycles. The molecule has 0 aliphatic heterocycles. The Bertz CT molecular complexity index is 965. The molecule has 1 N–H and O–H groups in total. The van der Waals surface area contributed by atoms with Gasteiger partial charge in [0.05, 0.1) is 10.7 Å². The van der Waals surface area contributed by atoms with Crippen molar-refractivity contribution in [1.29, 1.82) is 0 Å². The second kappa shape index (κ2) is 8.18. The summed E-state index contributed by atoms with van der Waals surface area (Å²) in [5, 5.41) is 15.0. The SMILES string of the molecule is CCN(CC)C(=O)c1cccc(=NC(=O)c2c(Cl)c(C(C)(C)C)nn2C)n1O. The minimum atomic E-state index is -0.661. The number of aryl methyl sites for hydroxylation is 1. The van der Waals surface area contributed by atoms with Crippen LogP contribution in [0.1, 0.15) is 61.3 Å². The molecule has 0 aliphatic carbocycles. The quantitative estimate of drug-likeness (QED) is 0.788. The van der Waals surface area contributed by atoms with Crippen LogP contribution < -0.4 is 5.49 Å². The average molecular weight is 408 g/mol. The fraction of sp³-hybridized carbons (Fsp3) is 0.474. The predicted molar refractivity (Wildman–Crippen MR) is 106 cm³/mol. The first-order chi connectivity index (χ1) is 13.0. The first-order valence-corrected chi connectivity index (χ1v) is 9.43. The molecular formula is C19H26ClN5O3. The third kappa shape index (κ3) is 4.11. The molecule has 0 spiro atoms. The molecule has 0 aliphatic rings. The van der Waals surface area contributed by atoms with E-state index in [0.717, 1.165) is 0 Å².